The van der Waals surface area contributed by atoms with Crippen molar-refractivity contribution in [3.63, 3.8) is 0 Å². The highest BCUT2D eigenvalue weighted by atomic mass is 14.4. The van der Waals surface area contributed by atoms with Crippen molar-refractivity contribution >= 4 is 0 Å². The third-order valence-corrected chi connectivity index (χ3v) is 11.1. The lowest BCUT2D eigenvalue weighted by Gasteiger charge is -2.19. The Morgan fingerprint density at radius 3 is 1.37 bits per heavy atom. The van der Waals surface area contributed by atoms with Crippen molar-refractivity contribution in [1.29, 1.82) is 0 Å². The van der Waals surface area contributed by atoms with E-state index in [9.17, 15) is 0 Å². The molecule has 240 valence electrons. The highest BCUT2D eigenvalue weighted by Crippen LogP contribution is 2.55. The Hall–Kier alpha value is -6.24. The number of benzene rings is 8. The van der Waals surface area contributed by atoms with Crippen LogP contribution in [0, 0.1) is 6.92 Å². The second kappa shape index (κ2) is 12.0. The average Bonchev–Trinajstić information content (AvgIpc) is 3.70. The van der Waals surface area contributed by atoms with Crippen molar-refractivity contribution in [2.75, 3.05) is 0 Å². The molecule has 51 heavy (non-hydrogen) atoms. The van der Waals surface area contributed by atoms with Crippen LogP contribution in [-0.4, -0.2) is 0 Å². The van der Waals surface area contributed by atoms with Gasteiger partial charge in [0.25, 0.3) is 0 Å². The molecule has 10 rings (SSSR count). The van der Waals surface area contributed by atoms with E-state index in [4.69, 9.17) is 0 Å². The molecule has 0 fully saturated rings. The lowest BCUT2D eigenvalue weighted by Crippen LogP contribution is -2.03. The predicted octanol–water partition coefficient (Wildman–Crippen LogP) is 13.3. The maximum absolute atomic E-state index is 2.55. The molecule has 2 aliphatic rings. The maximum atomic E-state index is 2.55. The minimum atomic E-state index is 0.149. The zero-order chi connectivity index (χ0) is 33.9. The monoisotopic (exact) mass is 648 g/mol. The molecule has 0 aromatic heterocycles. The minimum absolute atomic E-state index is 0.149. The number of aryl methyl sites for hydroxylation is 1. The fraction of sp³-hybridized carbons (Fsp3) is 0.0588. The summed E-state index contributed by atoms with van der Waals surface area (Å²) in [6.07, 6.45) is 0. The van der Waals surface area contributed by atoms with E-state index in [-0.39, 0.29) is 11.8 Å². The van der Waals surface area contributed by atoms with E-state index in [2.05, 4.69) is 195 Å². The van der Waals surface area contributed by atoms with Gasteiger partial charge in [0.1, 0.15) is 0 Å². The lowest BCUT2D eigenvalue weighted by molar-refractivity contribution is 0.982. The Labute approximate surface area is 300 Å². The summed E-state index contributed by atoms with van der Waals surface area (Å²) in [5.74, 6) is 0.370. The SMILES string of the molecule is Cc1ccc(-c2cc(-c3ccccc3)cc(-c3cccc(C4c5ccccc5-c5cc6c(cc54)C(c4ccccc4)c4ccccc4-6)c3)c2)cc1. The second-order valence-corrected chi connectivity index (χ2v) is 14.1. The molecule has 0 aliphatic heterocycles. The molecule has 8 aromatic carbocycles. The van der Waals surface area contributed by atoms with E-state index in [0.717, 1.165) is 0 Å². The van der Waals surface area contributed by atoms with Crippen LogP contribution in [-0.2, 0) is 0 Å². The smallest absolute Gasteiger partial charge is 0.0352 e. The third kappa shape index (κ3) is 4.98. The van der Waals surface area contributed by atoms with Crippen LogP contribution in [0.1, 0.15) is 50.8 Å². The van der Waals surface area contributed by atoms with Crippen molar-refractivity contribution in [2.24, 2.45) is 0 Å². The molecule has 0 heterocycles. The molecule has 0 nitrogen and oxygen atoms in total. The van der Waals surface area contributed by atoms with Gasteiger partial charge in [0, 0.05) is 11.8 Å². The van der Waals surface area contributed by atoms with Crippen molar-refractivity contribution in [3.8, 4) is 55.6 Å². The molecular formula is C51H36. The zero-order valence-electron chi connectivity index (χ0n) is 28.6. The van der Waals surface area contributed by atoms with Crippen molar-refractivity contribution in [3.05, 3.63) is 227 Å². The van der Waals surface area contributed by atoms with E-state index in [1.165, 1.54) is 94.6 Å². The summed E-state index contributed by atoms with van der Waals surface area (Å²) in [5, 5.41) is 0. The van der Waals surface area contributed by atoms with Gasteiger partial charge in [0.15, 0.2) is 0 Å². The van der Waals surface area contributed by atoms with Gasteiger partial charge in [0.05, 0.1) is 0 Å². The lowest BCUT2D eigenvalue weighted by atomic mass is 9.84. The summed E-state index contributed by atoms with van der Waals surface area (Å²) >= 11 is 0. The summed E-state index contributed by atoms with van der Waals surface area (Å²) in [6, 6.07) is 70.1. The molecule has 8 aromatic rings. The summed E-state index contributed by atoms with van der Waals surface area (Å²) in [7, 11) is 0. The van der Waals surface area contributed by atoms with E-state index < -0.39 is 0 Å². The highest BCUT2D eigenvalue weighted by molar-refractivity contribution is 5.90. The molecule has 0 radical (unpaired) electrons. The Morgan fingerprint density at radius 2 is 0.745 bits per heavy atom. The fourth-order valence-electron chi connectivity index (χ4n) is 8.67. The largest absolute Gasteiger partial charge is 0.0622 e. The van der Waals surface area contributed by atoms with Crippen LogP contribution in [0.4, 0.5) is 0 Å². The van der Waals surface area contributed by atoms with Gasteiger partial charge in [-0.25, -0.2) is 0 Å². The highest BCUT2D eigenvalue weighted by Gasteiger charge is 2.36. The number of fused-ring (bicyclic) bond motifs is 6. The van der Waals surface area contributed by atoms with Crippen LogP contribution in [0.25, 0.3) is 55.6 Å². The topological polar surface area (TPSA) is 0 Å². The van der Waals surface area contributed by atoms with Crippen LogP contribution >= 0.6 is 0 Å². The van der Waals surface area contributed by atoms with Gasteiger partial charge in [0.2, 0.25) is 0 Å². The number of rotatable bonds is 5. The van der Waals surface area contributed by atoms with Crippen LogP contribution < -0.4 is 0 Å². The molecule has 2 unspecified atom stereocenters. The van der Waals surface area contributed by atoms with Crippen LogP contribution in [0.15, 0.2) is 188 Å². The molecule has 0 N–H and O–H groups in total. The van der Waals surface area contributed by atoms with Gasteiger partial charge >= 0.3 is 0 Å². The molecule has 2 atom stereocenters. The molecule has 0 amide bonds. The summed E-state index contributed by atoms with van der Waals surface area (Å²) < 4.78 is 0. The number of hydrogen-bond acceptors (Lipinski definition) is 0. The number of hydrogen-bond donors (Lipinski definition) is 0. The first-order valence-electron chi connectivity index (χ1n) is 18.0. The summed E-state index contributed by atoms with van der Waals surface area (Å²) in [4.78, 5) is 0. The standard InChI is InChI=1S/C51H36/c1-33-23-25-35(26-24-33)40-28-39(34-13-4-2-5-14-34)29-41(30-40)37-17-12-18-38(27-37)51-45-22-11-9-20-43(45)47-31-46-42-19-8-10-21-44(42)50(48(46)32-49(47)51)36-15-6-3-7-16-36/h2-32,50-51H,1H3. The van der Waals surface area contributed by atoms with Crippen LogP contribution in [0.3, 0.4) is 0 Å². The normalized spacial score (nSPS) is 15.2. The quantitative estimate of drug-likeness (QED) is 0.174. The first-order chi connectivity index (χ1) is 25.2. The Bertz CT molecular complexity index is 2570. The zero-order valence-corrected chi connectivity index (χ0v) is 28.6. The fourth-order valence-corrected chi connectivity index (χ4v) is 8.67. The first kappa shape index (κ1) is 29.7. The van der Waals surface area contributed by atoms with Gasteiger partial charge in [-0.2, -0.15) is 0 Å². The van der Waals surface area contributed by atoms with Gasteiger partial charge < -0.3 is 0 Å². The summed E-state index contributed by atoms with van der Waals surface area (Å²) in [6.45, 7) is 2.15. The molecule has 0 spiro atoms. The minimum Gasteiger partial charge on any atom is -0.0622 e. The van der Waals surface area contributed by atoms with Gasteiger partial charge in [-0.1, -0.05) is 169 Å². The second-order valence-electron chi connectivity index (χ2n) is 14.1. The Balaban J connectivity index is 1.14. The molecule has 2 aliphatic carbocycles. The maximum Gasteiger partial charge on any atom is 0.0352 e. The molecule has 0 saturated heterocycles. The van der Waals surface area contributed by atoms with Gasteiger partial charge in [-0.3, -0.25) is 0 Å². The molecule has 0 saturated carbocycles. The summed E-state index contributed by atoms with van der Waals surface area (Å²) in [5.41, 5.74) is 22.4. The third-order valence-electron chi connectivity index (χ3n) is 11.1. The van der Waals surface area contributed by atoms with E-state index in [1.807, 2.05) is 0 Å². The molecule has 0 bridgehead atoms. The Morgan fingerprint density at radius 1 is 0.275 bits per heavy atom. The van der Waals surface area contributed by atoms with Gasteiger partial charge in [-0.15, -0.1) is 0 Å². The van der Waals surface area contributed by atoms with E-state index in [0.29, 0.717) is 0 Å². The Kier molecular flexibility index (Phi) is 6.96. The first-order valence-corrected chi connectivity index (χ1v) is 18.0. The average molecular weight is 649 g/mol. The van der Waals surface area contributed by atoms with Crippen molar-refractivity contribution in [2.45, 2.75) is 18.8 Å². The van der Waals surface area contributed by atoms with E-state index >= 15 is 0 Å². The van der Waals surface area contributed by atoms with E-state index in [1.54, 1.807) is 0 Å². The molecule has 0 heteroatoms. The van der Waals surface area contributed by atoms with Crippen molar-refractivity contribution in [1.82, 2.24) is 0 Å². The predicted molar refractivity (Wildman–Crippen MR) is 213 cm³/mol. The van der Waals surface area contributed by atoms with Crippen LogP contribution in [0.2, 0.25) is 0 Å². The van der Waals surface area contributed by atoms with Gasteiger partial charge in [-0.05, 0) is 120 Å². The van der Waals surface area contributed by atoms with Crippen molar-refractivity contribution < 1.29 is 0 Å². The van der Waals surface area contributed by atoms with Crippen LogP contribution in [0.5, 0.6) is 0 Å². The molecular weight excluding hydrogens is 613 g/mol.